The molecule has 118 valence electrons. The number of hydrogen-bond acceptors (Lipinski definition) is 4. The Hall–Kier alpha value is -2.26. The van der Waals surface area contributed by atoms with Crippen LogP contribution in [0.1, 0.15) is 37.0 Å². The molecular weight excluding hydrogens is 295 g/mol. The molecule has 1 aromatic rings. The molecule has 1 heterocycles. The van der Waals surface area contributed by atoms with Gasteiger partial charge in [0, 0.05) is 7.05 Å². The molecule has 1 rings (SSSR count). The van der Waals surface area contributed by atoms with Crippen LogP contribution in [0.15, 0.2) is 0 Å². The number of halogens is 3. The zero-order valence-electron chi connectivity index (χ0n) is 11.7. The van der Waals surface area contributed by atoms with Gasteiger partial charge in [0.25, 0.3) is 0 Å². The summed E-state index contributed by atoms with van der Waals surface area (Å²) in [6.45, 7) is 4.54. The number of anilines is 1. The third-order valence-electron chi connectivity index (χ3n) is 2.14. The number of alkyl halides is 3. The van der Waals surface area contributed by atoms with Crippen LogP contribution in [0.3, 0.4) is 0 Å². The van der Waals surface area contributed by atoms with Crippen LogP contribution in [0, 0.1) is 0 Å². The van der Waals surface area contributed by atoms with E-state index in [9.17, 15) is 22.8 Å². The van der Waals surface area contributed by atoms with Gasteiger partial charge in [-0.1, -0.05) is 0 Å². The Morgan fingerprint density at radius 3 is 2.19 bits per heavy atom. The van der Waals surface area contributed by atoms with E-state index in [1.165, 1.54) is 20.8 Å². The number of carboxylic acids is 1. The van der Waals surface area contributed by atoms with E-state index in [0.29, 0.717) is 4.68 Å². The number of carbonyl (C=O) groups is 2. The SMILES string of the molecule is Cn1nc(C(F)(F)F)c(NC(=O)OC(C)(C)C)c1C(=O)O. The highest BCUT2D eigenvalue weighted by Gasteiger charge is 2.41. The standard InChI is InChI=1S/C11H14F3N3O4/c1-10(2,3)21-9(20)15-5-6(8(18)19)17(4)16-7(5)11(12,13)14/h1-4H3,(H,15,20)(H,18,19). The Morgan fingerprint density at radius 1 is 1.29 bits per heavy atom. The monoisotopic (exact) mass is 309 g/mol. The van der Waals surface area contributed by atoms with E-state index in [1.54, 1.807) is 5.32 Å². The molecule has 2 N–H and O–H groups in total. The second-order valence-electron chi connectivity index (χ2n) is 5.13. The third kappa shape index (κ3) is 4.10. The maximum Gasteiger partial charge on any atom is 0.437 e. The summed E-state index contributed by atoms with van der Waals surface area (Å²) in [7, 11) is 1.03. The van der Waals surface area contributed by atoms with Crippen molar-refractivity contribution in [3.63, 3.8) is 0 Å². The molecule has 0 aliphatic rings. The summed E-state index contributed by atoms with van der Waals surface area (Å²) < 4.78 is 43.8. The second-order valence-corrected chi connectivity index (χ2v) is 5.13. The van der Waals surface area contributed by atoms with Crippen molar-refractivity contribution < 1.29 is 32.6 Å². The third-order valence-corrected chi connectivity index (χ3v) is 2.14. The molecule has 0 fully saturated rings. The minimum atomic E-state index is -4.92. The van der Waals surface area contributed by atoms with Gasteiger partial charge < -0.3 is 9.84 Å². The highest BCUT2D eigenvalue weighted by molar-refractivity contribution is 5.98. The van der Waals surface area contributed by atoms with Gasteiger partial charge in [-0.25, -0.2) is 9.59 Å². The summed E-state index contributed by atoms with van der Waals surface area (Å²) in [6, 6.07) is 0. The molecule has 0 unspecified atom stereocenters. The van der Waals surface area contributed by atoms with Gasteiger partial charge in [-0.05, 0) is 20.8 Å². The average molecular weight is 309 g/mol. The quantitative estimate of drug-likeness (QED) is 0.875. The number of ether oxygens (including phenoxy) is 1. The summed E-state index contributed by atoms with van der Waals surface area (Å²) in [5.41, 5.74) is -4.21. The summed E-state index contributed by atoms with van der Waals surface area (Å²) in [5.74, 6) is -1.66. The van der Waals surface area contributed by atoms with Gasteiger partial charge in [-0.15, -0.1) is 0 Å². The topological polar surface area (TPSA) is 93.5 Å². The predicted octanol–water partition coefficient (Wildman–Crippen LogP) is 2.48. The number of rotatable bonds is 2. The predicted molar refractivity (Wildman–Crippen MR) is 65.0 cm³/mol. The number of amides is 1. The molecular formula is C11H14F3N3O4. The van der Waals surface area contributed by atoms with Crippen molar-refractivity contribution in [2.45, 2.75) is 32.5 Å². The van der Waals surface area contributed by atoms with E-state index in [-0.39, 0.29) is 0 Å². The van der Waals surface area contributed by atoms with E-state index in [0.717, 1.165) is 7.05 Å². The van der Waals surface area contributed by atoms with Crippen LogP contribution in [-0.4, -0.2) is 32.6 Å². The lowest BCUT2D eigenvalue weighted by atomic mass is 10.2. The van der Waals surface area contributed by atoms with Crippen LogP contribution in [0.25, 0.3) is 0 Å². The highest BCUT2D eigenvalue weighted by Crippen LogP contribution is 2.36. The van der Waals surface area contributed by atoms with Crippen LogP contribution in [-0.2, 0) is 18.0 Å². The molecule has 0 saturated carbocycles. The largest absolute Gasteiger partial charge is 0.476 e. The van der Waals surface area contributed by atoms with Crippen LogP contribution in [0.5, 0.6) is 0 Å². The molecule has 7 nitrogen and oxygen atoms in total. The Bertz CT molecular complexity index is 572. The zero-order valence-corrected chi connectivity index (χ0v) is 11.7. The maximum atomic E-state index is 12.8. The number of nitrogens with one attached hydrogen (secondary N) is 1. The minimum absolute atomic E-state index is 0.526. The molecule has 0 aliphatic heterocycles. The molecule has 1 aromatic heterocycles. The van der Waals surface area contributed by atoms with Crippen LogP contribution in [0.4, 0.5) is 23.7 Å². The van der Waals surface area contributed by atoms with E-state index in [1.807, 2.05) is 0 Å². The molecule has 21 heavy (non-hydrogen) atoms. The zero-order chi connectivity index (χ0) is 16.6. The van der Waals surface area contributed by atoms with Crippen molar-refractivity contribution in [1.82, 2.24) is 9.78 Å². The van der Waals surface area contributed by atoms with Crippen LogP contribution >= 0.6 is 0 Å². The van der Waals surface area contributed by atoms with Gasteiger partial charge in [-0.3, -0.25) is 10.00 Å². The molecule has 0 saturated heterocycles. The first kappa shape index (κ1) is 16.8. The Labute approximate surface area is 117 Å². The first-order chi connectivity index (χ1) is 9.33. The normalized spacial score (nSPS) is 12.1. The lowest BCUT2D eigenvalue weighted by Gasteiger charge is -2.20. The van der Waals surface area contributed by atoms with Crippen molar-refractivity contribution in [2.24, 2.45) is 7.05 Å². The van der Waals surface area contributed by atoms with E-state index < -0.39 is 40.9 Å². The van der Waals surface area contributed by atoms with Crippen molar-refractivity contribution in [2.75, 3.05) is 5.32 Å². The van der Waals surface area contributed by atoms with Crippen LogP contribution < -0.4 is 5.32 Å². The molecule has 10 heteroatoms. The minimum Gasteiger partial charge on any atom is -0.476 e. The Morgan fingerprint density at radius 2 is 1.81 bits per heavy atom. The molecule has 0 aromatic carbocycles. The van der Waals surface area contributed by atoms with E-state index in [2.05, 4.69) is 5.10 Å². The molecule has 0 aliphatic carbocycles. The molecule has 1 amide bonds. The van der Waals surface area contributed by atoms with Gasteiger partial charge in [0.15, 0.2) is 11.4 Å². The first-order valence-electron chi connectivity index (χ1n) is 5.70. The molecule has 0 bridgehead atoms. The van der Waals surface area contributed by atoms with Gasteiger partial charge in [-0.2, -0.15) is 18.3 Å². The summed E-state index contributed by atoms with van der Waals surface area (Å²) in [5, 5.41) is 13.8. The first-order valence-corrected chi connectivity index (χ1v) is 5.70. The Balaban J connectivity index is 3.26. The lowest BCUT2D eigenvalue weighted by molar-refractivity contribution is -0.140. The number of aryl methyl sites for hydroxylation is 1. The maximum absolute atomic E-state index is 12.8. The molecule has 0 atom stereocenters. The number of hydrogen-bond donors (Lipinski definition) is 2. The Kier molecular flexibility index (Phi) is 4.21. The average Bonchev–Trinajstić information content (AvgIpc) is 2.51. The fraction of sp³-hybridized carbons (Fsp3) is 0.545. The fourth-order valence-corrected chi connectivity index (χ4v) is 1.49. The summed E-state index contributed by atoms with van der Waals surface area (Å²) in [6.07, 6.45) is -6.13. The van der Waals surface area contributed by atoms with Crippen molar-refractivity contribution in [3.8, 4) is 0 Å². The van der Waals surface area contributed by atoms with E-state index >= 15 is 0 Å². The van der Waals surface area contributed by atoms with Gasteiger partial charge >= 0.3 is 18.2 Å². The van der Waals surface area contributed by atoms with Gasteiger partial charge in [0.1, 0.15) is 11.3 Å². The van der Waals surface area contributed by atoms with Gasteiger partial charge in [0.2, 0.25) is 0 Å². The number of nitrogens with zero attached hydrogens (tertiary/aromatic N) is 2. The number of carbonyl (C=O) groups excluding carboxylic acids is 1. The second kappa shape index (κ2) is 5.26. The summed E-state index contributed by atoms with van der Waals surface area (Å²) in [4.78, 5) is 22.6. The van der Waals surface area contributed by atoms with Crippen molar-refractivity contribution in [3.05, 3.63) is 11.4 Å². The number of carboxylic acid groups (broad SMARTS) is 1. The van der Waals surface area contributed by atoms with Crippen molar-refractivity contribution in [1.29, 1.82) is 0 Å². The van der Waals surface area contributed by atoms with Gasteiger partial charge in [0.05, 0.1) is 0 Å². The molecule has 0 spiro atoms. The lowest BCUT2D eigenvalue weighted by Crippen LogP contribution is -2.28. The number of aromatic carboxylic acids is 1. The molecule has 0 radical (unpaired) electrons. The van der Waals surface area contributed by atoms with E-state index in [4.69, 9.17) is 9.84 Å². The van der Waals surface area contributed by atoms with Crippen LogP contribution in [0.2, 0.25) is 0 Å². The highest BCUT2D eigenvalue weighted by atomic mass is 19.4. The smallest absolute Gasteiger partial charge is 0.437 e. The fourth-order valence-electron chi connectivity index (χ4n) is 1.49. The van der Waals surface area contributed by atoms with Crippen molar-refractivity contribution >= 4 is 17.7 Å². The number of aromatic nitrogens is 2. The summed E-state index contributed by atoms with van der Waals surface area (Å²) >= 11 is 0.